The van der Waals surface area contributed by atoms with Crippen LogP contribution >= 0.6 is 0 Å². The molecule has 0 radical (unpaired) electrons. The molecule has 18 heavy (non-hydrogen) atoms. The minimum absolute atomic E-state index is 0.258. The molecule has 2 heteroatoms. The first-order chi connectivity index (χ1) is 8.72. The molecule has 0 N–H and O–H groups in total. The first-order valence-corrected chi connectivity index (χ1v) is 7.05. The van der Waals surface area contributed by atoms with Crippen LogP contribution in [0.25, 0.3) is 0 Å². The van der Waals surface area contributed by atoms with E-state index in [0.29, 0.717) is 5.78 Å². The second-order valence-corrected chi connectivity index (χ2v) is 5.23. The van der Waals surface area contributed by atoms with Crippen LogP contribution in [0.4, 0.5) is 0 Å². The average molecular weight is 245 g/mol. The minimum Gasteiger partial charge on any atom is -0.299 e. The van der Waals surface area contributed by atoms with Gasteiger partial charge in [0.05, 0.1) is 0 Å². The summed E-state index contributed by atoms with van der Waals surface area (Å²) in [6.07, 6.45) is 2.80. The number of hydrogen-bond donors (Lipinski definition) is 0. The Morgan fingerprint density at radius 2 is 1.83 bits per heavy atom. The van der Waals surface area contributed by atoms with Gasteiger partial charge >= 0.3 is 0 Å². The van der Waals surface area contributed by atoms with E-state index in [1.54, 1.807) is 0 Å². The summed E-state index contributed by atoms with van der Waals surface area (Å²) in [5, 5.41) is 0. The van der Waals surface area contributed by atoms with Crippen LogP contribution < -0.4 is 0 Å². The van der Waals surface area contributed by atoms with Crippen molar-refractivity contribution in [1.29, 1.82) is 0 Å². The first-order valence-electron chi connectivity index (χ1n) is 7.05. The quantitative estimate of drug-likeness (QED) is 0.812. The number of carbonyl (C=O) groups is 1. The van der Waals surface area contributed by atoms with E-state index in [9.17, 15) is 4.79 Å². The molecule has 1 aliphatic rings. The predicted octanol–water partition coefficient (Wildman–Crippen LogP) is 3.05. The van der Waals surface area contributed by atoms with Crippen molar-refractivity contribution in [2.75, 3.05) is 13.1 Å². The van der Waals surface area contributed by atoms with Crippen LogP contribution in [0.2, 0.25) is 0 Å². The van der Waals surface area contributed by atoms with Crippen molar-refractivity contribution < 1.29 is 4.79 Å². The summed E-state index contributed by atoms with van der Waals surface area (Å²) in [5.74, 6) is 0.712. The molecule has 0 aliphatic carbocycles. The predicted molar refractivity (Wildman–Crippen MR) is 74.5 cm³/mol. The molecule has 0 aromatic heterocycles. The zero-order valence-electron chi connectivity index (χ0n) is 11.5. The zero-order valence-corrected chi connectivity index (χ0v) is 11.5. The van der Waals surface area contributed by atoms with Gasteiger partial charge in [-0.05, 0) is 24.0 Å². The Balaban J connectivity index is 1.94. The second kappa shape index (κ2) is 6.14. The van der Waals surface area contributed by atoms with Crippen LogP contribution in [0.1, 0.15) is 37.8 Å². The van der Waals surface area contributed by atoms with Crippen molar-refractivity contribution in [3.05, 3.63) is 35.4 Å². The van der Waals surface area contributed by atoms with E-state index in [4.69, 9.17) is 0 Å². The molecule has 1 aromatic carbocycles. The van der Waals surface area contributed by atoms with Crippen molar-refractivity contribution in [3.63, 3.8) is 0 Å². The molecule has 0 bridgehead atoms. The van der Waals surface area contributed by atoms with Gasteiger partial charge in [0.1, 0.15) is 5.78 Å². The Labute approximate surface area is 110 Å². The normalized spacial score (nSPS) is 21.2. The fourth-order valence-corrected chi connectivity index (χ4v) is 2.62. The number of nitrogens with zero attached hydrogens (tertiary/aromatic N) is 1. The molecular formula is C16H23NO. The van der Waals surface area contributed by atoms with Gasteiger partial charge < -0.3 is 0 Å². The largest absolute Gasteiger partial charge is 0.299 e. The molecule has 0 amide bonds. The molecule has 1 atom stereocenters. The molecule has 1 fully saturated rings. The van der Waals surface area contributed by atoms with Crippen molar-refractivity contribution in [2.24, 2.45) is 5.92 Å². The molecule has 2 nitrogen and oxygen atoms in total. The van der Waals surface area contributed by atoms with E-state index >= 15 is 0 Å². The number of likely N-dealkylation sites (tertiary alicyclic amines) is 1. The molecule has 1 saturated heterocycles. The molecule has 98 valence electrons. The highest BCUT2D eigenvalue weighted by Gasteiger charge is 2.25. The lowest BCUT2D eigenvalue weighted by molar-refractivity contribution is -0.126. The maximum Gasteiger partial charge on any atom is 0.138 e. The molecule has 1 heterocycles. The fourth-order valence-electron chi connectivity index (χ4n) is 2.62. The highest BCUT2D eigenvalue weighted by atomic mass is 16.1. The van der Waals surface area contributed by atoms with Gasteiger partial charge in [-0.3, -0.25) is 9.69 Å². The number of aryl methyl sites for hydroxylation is 1. The standard InChI is InChI=1S/C16H23NO/c1-3-13-5-7-14(8-6-13)11-17-10-9-16(18)15(4-2)12-17/h5-8,15H,3-4,9-12H2,1-2H3. The van der Waals surface area contributed by atoms with Crippen LogP contribution in [0, 0.1) is 5.92 Å². The van der Waals surface area contributed by atoms with Crippen molar-refractivity contribution in [3.8, 4) is 0 Å². The van der Waals surface area contributed by atoms with Gasteiger partial charge in [-0.1, -0.05) is 38.1 Å². The van der Waals surface area contributed by atoms with Crippen LogP contribution in [0.3, 0.4) is 0 Å². The summed E-state index contributed by atoms with van der Waals surface area (Å²) in [6.45, 7) is 7.13. The van der Waals surface area contributed by atoms with Crippen molar-refractivity contribution >= 4 is 5.78 Å². The molecular weight excluding hydrogens is 222 g/mol. The summed E-state index contributed by atoms with van der Waals surface area (Å²) in [6, 6.07) is 8.86. The summed E-state index contributed by atoms with van der Waals surface area (Å²) >= 11 is 0. The maximum atomic E-state index is 11.7. The fraction of sp³-hybridized carbons (Fsp3) is 0.562. The van der Waals surface area contributed by atoms with Gasteiger partial charge in [0.25, 0.3) is 0 Å². The van der Waals surface area contributed by atoms with E-state index in [1.807, 2.05) is 0 Å². The summed E-state index contributed by atoms with van der Waals surface area (Å²) in [7, 11) is 0. The minimum atomic E-state index is 0.258. The zero-order chi connectivity index (χ0) is 13.0. The van der Waals surface area contributed by atoms with E-state index < -0.39 is 0 Å². The van der Waals surface area contributed by atoms with Crippen LogP contribution in [0.5, 0.6) is 0 Å². The third-order valence-corrected chi connectivity index (χ3v) is 3.94. The average Bonchev–Trinajstić information content (AvgIpc) is 2.42. The molecule has 1 aromatic rings. The van der Waals surface area contributed by atoms with Gasteiger partial charge in [0.2, 0.25) is 0 Å². The van der Waals surface area contributed by atoms with Gasteiger partial charge in [0.15, 0.2) is 0 Å². The topological polar surface area (TPSA) is 20.3 Å². The molecule has 2 rings (SSSR count). The molecule has 1 unspecified atom stereocenters. The number of piperidine rings is 1. The summed E-state index contributed by atoms with van der Waals surface area (Å²) in [4.78, 5) is 14.1. The lowest BCUT2D eigenvalue weighted by Crippen LogP contribution is -2.40. The van der Waals surface area contributed by atoms with E-state index in [-0.39, 0.29) is 5.92 Å². The Morgan fingerprint density at radius 1 is 1.17 bits per heavy atom. The smallest absolute Gasteiger partial charge is 0.138 e. The Hall–Kier alpha value is -1.15. The SMILES string of the molecule is CCc1ccc(CN2CCC(=O)C(CC)C2)cc1. The van der Waals surface area contributed by atoms with Crippen LogP contribution in [-0.2, 0) is 17.8 Å². The van der Waals surface area contributed by atoms with Crippen molar-refractivity contribution in [2.45, 2.75) is 39.7 Å². The number of Topliss-reactive ketones (excluding diaryl/α,β-unsaturated/α-hetero) is 1. The third kappa shape index (κ3) is 3.20. The van der Waals surface area contributed by atoms with Crippen LogP contribution in [0.15, 0.2) is 24.3 Å². The highest BCUT2D eigenvalue weighted by molar-refractivity contribution is 5.82. The van der Waals surface area contributed by atoms with Crippen molar-refractivity contribution in [1.82, 2.24) is 4.90 Å². The molecule has 0 saturated carbocycles. The Bertz CT molecular complexity index is 396. The van der Waals surface area contributed by atoms with E-state index in [2.05, 4.69) is 43.0 Å². The number of hydrogen-bond acceptors (Lipinski definition) is 2. The summed E-state index contributed by atoms with van der Waals surface area (Å²) in [5.41, 5.74) is 2.75. The maximum absolute atomic E-state index is 11.7. The lowest BCUT2D eigenvalue weighted by atomic mass is 9.94. The third-order valence-electron chi connectivity index (χ3n) is 3.94. The number of carbonyl (C=O) groups excluding carboxylic acids is 1. The lowest BCUT2D eigenvalue weighted by Gasteiger charge is -2.31. The Kier molecular flexibility index (Phi) is 4.54. The number of ketones is 1. The van der Waals surface area contributed by atoms with E-state index in [1.165, 1.54) is 11.1 Å². The van der Waals surface area contributed by atoms with E-state index in [0.717, 1.165) is 38.9 Å². The van der Waals surface area contributed by atoms with Crippen LogP contribution in [-0.4, -0.2) is 23.8 Å². The number of benzene rings is 1. The Morgan fingerprint density at radius 3 is 2.44 bits per heavy atom. The number of rotatable bonds is 4. The molecule has 0 spiro atoms. The van der Waals surface area contributed by atoms with Gasteiger partial charge in [-0.25, -0.2) is 0 Å². The second-order valence-electron chi connectivity index (χ2n) is 5.23. The first kappa shape index (κ1) is 13.3. The highest BCUT2D eigenvalue weighted by Crippen LogP contribution is 2.18. The van der Waals surface area contributed by atoms with Gasteiger partial charge in [-0.2, -0.15) is 0 Å². The van der Waals surface area contributed by atoms with Gasteiger partial charge in [0, 0.05) is 32.0 Å². The monoisotopic (exact) mass is 245 g/mol. The van der Waals surface area contributed by atoms with Gasteiger partial charge in [-0.15, -0.1) is 0 Å². The summed E-state index contributed by atoms with van der Waals surface area (Å²) < 4.78 is 0. The molecule has 1 aliphatic heterocycles.